The molecule has 34 heteroatoms. The van der Waals surface area contributed by atoms with Gasteiger partial charge in [-0.2, -0.15) is 26.3 Å². The van der Waals surface area contributed by atoms with Crippen LogP contribution in [0, 0.1) is 13.8 Å². The zero-order chi connectivity index (χ0) is 62.6. The third-order valence-corrected chi connectivity index (χ3v) is 14.7. The predicted octanol–water partition coefficient (Wildman–Crippen LogP) is 4.74. The van der Waals surface area contributed by atoms with Crippen LogP contribution in [0.5, 0.6) is 0 Å². The van der Waals surface area contributed by atoms with Gasteiger partial charge in [0.2, 0.25) is 0 Å². The van der Waals surface area contributed by atoms with E-state index in [9.17, 15) is 38.4 Å². The summed E-state index contributed by atoms with van der Waals surface area (Å²) in [6.07, 6.45) is -12.3. The lowest BCUT2D eigenvalue weighted by Crippen LogP contribution is -2.62. The van der Waals surface area contributed by atoms with E-state index in [0.29, 0.717) is 0 Å². The number of carbonyl (C=O) groups excluding carboxylic acids is 8. The van der Waals surface area contributed by atoms with Crippen LogP contribution in [-0.4, -0.2) is 170 Å². The van der Waals surface area contributed by atoms with Gasteiger partial charge in [0.1, 0.15) is 36.8 Å². The summed E-state index contributed by atoms with van der Waals surface area (Å²) in [4.78, 5) is 97.0. The predicted molar refractivity (Wildman–Crippen MR) is 272 cm³/mol. The Bertz CT molecular complexity index is 3010. The number of hydrogen-bond donors (Lipinski definition) is 0. The molecule has 0 bridgehead atoms. The van der Waals surface area contributed by atoms with Gasteiger partial charge in [-0.3, -0.25) is 38.4 Å². The zero-order valence-electron chi connectivity index (χ0n) is 46.8. The van der Waals surface area contributed by atoms with Gasteiger partial charge in [0, 0.05) is 86.0 Å². The number of alkyl halides is 6. The molecule has 0 aromatic carbocycles. The van der Waals surface area contributed by atoms with E-state index in [4.69, 9.17) is 56.8 Å². The van der Waals surface area contributed by atoms with Crippen molar-refractivity contribution in [3.05, 3.63) is 66.5 Å². The number of carbonyl (C=O) groups is 8. The molecule has 2 fully saturated rings. The smallest absolute Gasteiger partial charge is 0.380 e. The molecule has 6 heterocycles. The van der Waals surface area contributed by atoms with Gasteiger partial charge in [0.25, 0.3) is 0 Å². The molecule has 4 aromatic rings. The van der Waals surface area contributed by atoms with Crippen molar-refractivity contribution in [1.82, 2.24) is 30.0 Å². The van der Waals surface area contributed by atoms with Crippen molar-refractivity contribution >= 4 is 81.6 Å². The molecule has 3 aliphatic rings. The largest absolute Gasteiger partial charge is 0.463 e. The molecule has 85 heavy (non-hydrogen) atoms. The van der Waals surface area contributed by atoms with E-state index in [1.165, 1.54) is 35.6 Å². The Morgan fingerprint density at radius 2 is 0.812 bits per heavy atom. The first kappa shape index (κ1) is 65.1. The Kier molecular flexibility index (Phi) is 20.3. The van der Waals surface area contributed by atoms with E-state index in [0.717, 1.165) is 90.2 Å². The third-order valence-electron chi connectivity index (χ3n) is 12.6. The molecule has 2 saturated heterocycles. The molecule has 4 aromatic heterocycles. The molecule has 0 radical (unpaired) electrons. The van der Waals surface area contributed by atoms with Gasteiger partial charge in [0.15, 0.2) is 49.2 Å². The highest BCUT2D eigenvalue weighted by molar-refractivity contribution is 7.12. The Balaban J connectivity index is 1.10. The van der Waals surface area contributed by atoms with E-state index in [2.05, 4.69) is 20.6 Å². The lowest BCUT2D eigenvalue weighted by molar-refractivity contribution is -0.310. The summed E-state index contributed by atoms with van der Waals surface area (Å²) in [6.45, 7) is 8.48. The lowest BCUT2D eigenvalue weighted by atomic mass is 9.95. The molecule has 0 amide bonds. The first-order chi connectivity index (χ1) is 39.8. The SMILES string of the molecule is CC(=O)OC[C@H]1O[C@@H](OCc2cn(Cc3cc(C4=C(c5cc(Cn6cc(CO[C@@H]7O[C@H](COC(C)=O)[C@H](OC(C)=O)[C@@H](OC(C)=O)[C@H]7OC(C)=O)nn6)sc5C)C(F)(F)C(F)(F)C4(F)F)c(C)s3)nn2)[C@H](OC(C)=O)[C@H](OC(C)=O)[C@H]1OC(C)=O. The van der Waals surface area contributed by atoms with Crippen LogP contribution in [0.1, 0.15) is 97.4 Å². The summed E-state index contributed by atoms with van der Waals surface area (Å²) < 4.78 is 165. The first-order valence-corrected chi connectivity index (χ1v) is 27.1. The molecular formula is C51H56F6N6O20S2. The Labute approximate surface area is 486 Å². The number of aromatic nitrogens is 6. The number of aryl methyl sites for hydroxylation is 2. The quantitative estimate of drug-likeness (QED) is 0.0583. The van der Waals surface area contributed by atoms with Crippen molar-refractivity contribution in [2.24, 2.45) is 0 Å². The van der Waals surface area contributed by atoms with Crippen LogP contribution >= 0.6 is 22.7 Å². The minimum atomic E-state index is -5.90. The number of hydrogen-bond acceptors (Lipinski definition) is 26. The van der Waals surface area contributed by atoms with Crippen molar-refractivity contribution in [2.45, 2.75) is 175 Å². The number of ether oxygens (including phenoxy) is 12. The van der Waals surface area contributed by atoms with E-state index in [-0.39, 0.29) is 44.0 Å². The monoisotopic (exact) mass is 1250 g/mol. The van der Waals surface area contributed by atoms with Crippen LogP contribution in [0.25, 0.3) is 11.1 Å². The van der Waals surface area contributed by atoms with Gasteiger partial charge in [0.05, 0.1) is 38.7 Å². The van der Waals surface area contributed by atoms with Crippen LogP contribution in [0.4, 0.5) is 26.3 Å². The third kappa shape index (κ3) is 15.0. The maximum absolute atomic E-state index is 16.2. The van der Waals surface area contributed by atoms with Crippen molar-refractivity contribution in [1.29, 1.82) is 0 Å². The lowest BCUT2D eigenvalue weighted by Gasteiger charge is -2.43. The molecule has 1 aliphatic carbocycles. The van der Waals surface area contributed by atoms with Gasteiger partial charge in [-0.25, -0.2) is 9.36 Å². The minimum absolute atomic E-state index is 0.0303. The second-order valence-electron chi connectivity index (χ2n) is 19.4. The molecule has 2 aliphatic heterocycles. The van der Waals surface area contributed by atoms with Gasteiger partial charge in [-0.05, 0) is 37.1 Å². The Hall–Kier alpha value is -7.40. The fraction of sp³-hybridized carbons (Fsp3) is 0.569. The van der Waals surface area contributed by atoms with Gasteiger partial charge in [-0.15, -0.1) is 32.9 Å². The van der Waals surface area contributed by atoms with Crippen LogP contribution < -0.4 is 0 Å². The topological polar surface area (TPSA) is 309 Å². The Morgan fingerprint density at radius 1 is 0.494 bits per heavy atom. The van der Waals surface area contributed by atoms with Gasteiger partial charge in [-0.1, -0.05) is 10.4 Å². The number of esters is 8. The van der Waals surface area contributed by atoms with E-state index in [1.54, 1.807) is 0 Å². The molecule has 464 valence electrons. The fourth-order valence-corrected chi connectivity index (χ4v) is 11.5. The van der Waals surface area contributed by atoms with Gasteiger partial charge < -0.3 is 56.8 Å². The number of rotatable bonds is 22. The van der Waals surface area contributed by atoms with Crippen LogP contribution in [-0.2, 0) is 122 Å². The number of allylic oxidation sites excluding steroid dienone is 2. The first-order valence-electron chi connectivity index (χ1n) is 25.5. The summed E-state index contributed by atoms with van der Waals surface area (Å²) in [7, 11) is 0. The van der Waals surface area contributed by atoms with Crippen molar-refractivity contribution in [2.75, 3.05) is 13.2 Å². The zero-order valence-corrected chi connectivity index (χ0v) is 48.4. The standard InChI is InChI=1S/C51H56F6N6O20S2/c1-21-35(11-33(84-21)15-62-13-31(58-60-62)17-74-47-45(80-29(9)70)43(78-27(7)68)41(76-25(5)66)37(82-47)19-72-23(3)64)39-40(50(54,55)51(56,57)49(39,52)53)36-12-34(85-22(36)2)16-63-14-32(59-61-63)18-75-48-46(81-30(10)71)44(79-28(8)69)42(77-26(6)67)38(83-48)20-73-24(4)65/h11-14,37-38,41-48H,15-20H2,1-10H3/t37-,38-,41+,42+,43-,44-,45-,46-,47-,48-/m1/s1. The number of nitrogens with zero attached hydrogens (tertiary/aromatic N) is 6. The molecule has 10 atom stereocenters. The van der Waals surface area contributed by atoms with Gasteiger partial charge >= 0.3 is 65.5 Å². The van der Waals surface area contributed by atoms with Crippen LogP contribution in [0.2, 0.25) is 0 Å². The van der Waals surface area contributed by atoms with E-state index >= 15 is 26.3 Å². The average molecular weight is 1250 g/mol. The molecule has 0 N–H and O–H groups in total. The van der Waals surface area contributed by atoms with Crippen molar-refractivity contribution < 1.29 is 122 Å². The van der Waals surface area contributed by atoms with Crippen LogP contribution in [0.15, 0.2) is 24.5 Å². The summed E-state index contributed by atoms with van der Waals surface area (Å²) in [5.74, 6) is -23.5. The molecular weight excluding hydrogens is 1190 g/mol. The van der Waals surface area contributed by atoms with Crippen molar-refractivity contribution in [3.8, 4) is 0 Å². The molecule has 0 unspecified atom stereocenters. The molecule has 0 spiro atoms. The van der Waals surface area contributed by atoms with E-state index < -0.39 is 176 Å². The molecule has 7 rings (SSSR count). The summed E-state index contributed by atoms with van der Waals surface area (Å²) in [5, 5.41) is 16.1. The highest BCUT2D eigenvalue weighted by atomic mass is 32.1. The highest BCUT2D eigenvalue weighted by Gasteiger charge is 2.80. The average Bonchev–Trinajstić information content (AvgIpc) is 1.58. The minimum Gasteiger partial charge on any atom is -0.463 e. The maximum Gasteiger partial charge on any atom is 0.380 e. The number of thiophene rings is 2. The summed E-state index contributed by atoms with van der Waals surface area (Å²) in [6, 6.07) is 2.14. The normalized spacial score (nSPS) is 24.9. The second-order valence-corrected chi connectivity index (χ2v) is 22.1. The summed E-state index contributed by atoms with van der Waals surface area (Å²) >= 11 is 1.66. The van der Waals surface area contributed by atoms with E-state index in [1.807, 2.05) is 0 Å². The molecule has 0 saturated carbocycles. The Morgan fingerprint density at radius 3 is 1.13 bits per heavy atom. The highest BCUT2D eigenvalue weighted by Crippen LogP contribution is 2.66. The maximum atomic E-state index is 16.2. The van der Waals surface area contributed by atoms with Crippen molar-refractivity contribution in [3.63, 3.8) is 0 Å². The van der Waals surface area contributed by atoms with Crippen LogP contribution in [0.3, 0.4) is 0 Å². The number of halogens is 6. The second kappa shape index (κ2) is 26.5. The summed E-state index contributed by atoms with van der Waals surface area (Å²) in [5.41, 5.74) is -4.25. The fourth-order valence-electron chi connectivity index (χ4n) is 9.44. The molecule has 26 nitrogen and oxygen atoms in total.